The summed E-state index contributed by atoms with van der Waals surface area (Å²) in [7, 11) is 0. The van der Waals surface area contributed by atoms with Crippen molar-refractivity contribution in [3.63, 3.8) is 0 Å². The number of H-pyrrole nitrogens is 1. The smallest absolute Gasteiger partial charge is 0.326 e. The summed E-state index contributed by atoms with van der Waals surface area (Å²) in [6.07, 6.45) is 1.27. The van der Waals surface area contributed by atoms with Crippen molar-refractivity contribution in [2.24, 2.45) is 11.5 Å². The van der Waals surface area contributed by atoms with Crippen LogP contribution in [0.25, 0.3) is 0 Å². The van der Waals surface area contributed by atoms with E-state index in [2.05, 4.69) is 25.9 Å². The minimum absolute atomic E-state index is 0.00351. The monoisotopic (exact) mass is 545 g/mol. The van der Waals surface area contributed by atoms with Crippen LogP contribution in [0, 0.1) is 0 Å². The van der Waals surface area contributed by atoms with Crippen molar-refractivity contribution in [1.29, 1.82) is 0 Å². The molecule has 1 aromatic heterocycles. The van der Waals surface area contributed by atoms with E-state index in [4.69, 9.17) is 16.6 Å². The standard InChI is InChI=1S/C24H31N7O8/c25-15(10-19(26)32)21(35)30-17(8-13-4-2-1-3-5-13)22(36)31-18(9-14-11-27-12-28-14)23(37)29-16(24(38)39)6-7-20(33)34/h1-5,11-12,15-18H,6-10,25H2,(H2,26,32)(H,27,28)(H,29,37)(H,30,35)(H,31,36)(H,33,34)(H,38,39). The van der Waals surface area contributed by atoms with Crippen LogP contribution in [-0.4, -0.2) is 79.9 Å². The first-order valence-electron chi connectivity index (χ1n) is 11.9. The van der Waals surface area contributed by atoms with Crippen LogP contribution in [0.15, 0.2) is 42.9 Å². The molecule has 0 bridgehead atoms. The zero-order valence-electron chi connectivity index (χ0n) is 20.8. The number of imidazole rings is 1. The number of nitrogens with two attached hydrogens (primary N) is 2. The molecule has 39 heavy (non-hydrogen) atoms. The number of aliphatic carboxylic acids is 2. The molecule has 210 valence electrons. The van der Waals surface area contributed by atoms with E-state index in [9.17, 15) is 33.9 Å². The van der Waals surface area contributed by atoms with Crippen molar-refractivity contribution in [1.82, 2.24) is 25.9 Å². The molecule has 1 aromatic carbocycles. The van der Waals surface area contributed by atoms with E-state index in [0.29, 0.717) is 11.3 Å². The Labute approximate surface area is 222 Å². The second-order valence-corrected chi connectivity index (χ2v) is 8.70. The second-order valence-electron chi connectivity index (χ2n) is 8.70. The molecule has 0 radical (unpaired) electrons. The average molecular weight is 546 g/mol. The zero-order valence-corrected chi connectivity index (χ0v) is 20.8. The minimum atomic E-state index is -1.53. The summed E-state index contributed by atoms with van der Waals surface area (Å²) in [5, 5.41) is 25.5. The Kier molecular flexibility index (Phi) is 11.6. The molecule has 2 aromatic rings. The first-order valence-corrected chi connectivity index (χ1v) is 11.9. The number of hydrogen-bond acceptors (Lipinski definition) is 8. The number of aromatic amines is 1. The summed E-state index contributed by atoms with van der Waals surface area (Å²) in [5.74, 6) is -6.02. The number of benzene rings is 1. The third-order valence-corrected chi connectivity index (χ3v) is 5.55. The molecule has 2 rings (SSSR count). The number of hydrogen-bond donors (Lipinski definition) is 8. The van der Waals surface area contributed by atoms with Gasteiger partial charge in [-0.05, 0) is 12.0 Å². The lowest BCUT2D eigenvalue weighted by Gasteiger charge is -2.25. The van der Waals surface area contributed by atoms with Gasteiger partial charge in [-0.15, -0.1) is 0 Å². The average Bonchev–Trinajstić information content (AvgIpc) is 3.38. The van der Waals surface area contributed by atoms with Crippen molar-refractivity contribution in [3.05, 3.63) is 54.1 Å². The molecule has 0 aliphatic carbocycles. The van der Waals surface area contributed by atoms with Gasteiger partial charge in [0.05, 0.1) is 18.8 Å². The number of rotatable bonds is 16. The molecule has 15 nitrogen and oxygen atoms in total. The molecule has 0 aliphatic rings. The van der Waals surface area contributed by atoms with Gasteiger partial charge < -0.3 is 42.6 Å². The lowest BCUT2D eigenvalue weighted by Crippen LogP contribution is -2.58. The largest absolute Gasteiger partial charge is 0.481 e. The predicted molar refractivity (Wildman–Crippen MR) is 135 cm³/mol. The molecule has 0 saturated heterocycles. The molecule has 0 spiro atoms. The number of aromatic nitrogens is 2. The number of carbonyl (C=O) groups excluding carboxylic acids is 4. The molecule has 15 heteroatoms. The van der Waals surface area contributed by atoms with Crippen molar-refractivity contribution in [2.75, 3.05) is 0 Å². The number of primary amides is 1. The highest BCUT2D eigenvalue weighted by molar-refractivity contribution is 5.95. The fourth-order valence-electron chi connectivity index (χ4n) is 3.54. The van der Waals surface area contributed by atoms with Gasteiger partial charge in [-0.25, -0.2) is 9.78 Å². The molecule has 0 aliphatic heterocycles. The molecule has 4 amide bonds. The first-order chi connectivity index (χ1) is 18.5. The van der Waals surface area contributed by atoms with Crippen LogP contribution in [0.2, 0.25) is 0 Å². The summed E-state index contributed by atoms with van der Waals surface area (Å²) in [6.45, 7) is 0. The predicted octanol–water partition coefficient (Wildman–Crippen LogP) is -2.20. The third-order valence-electron chi connectivity index (χ3n) is 5.55. The van der Waals surface area contributed by atoms with Gasteiger partial charge in [-0.3, -0.25) is 24.0 Å². The van der Waals surface area contributed by atoms with Crippen LogP contribution in [0.3, 0.4) is 0 Å². The normalized spacial score (nSPS) is 13.8. The molecule has 0 fully saturated rings. The van der Waals surface area contributed by atoms with Gasteiger partial charge in [0.1, 0.15) is 18.1 Å². The Morgan fingerprint density at radius 1 is 0.872 bits per heavy atom. The number of carboxylic acids is 2. The molecule has 0 saturated carbocycles. The Hall–Kier alpha value is -4.79. The summed E-state index contributed by atoms with van der Waals surface area (Å²) < 4.78 is 0. The fraction of sp³-hybridized carbons (Fsp3) is 0.375. The Bertz CT molecular complexity index is 1160. The Balaban J connectivity index is 2.26. The van der Waals surface area contributed by atoms with Gasteiger partial charge in [-0.2, -0.15) is 0 Å². The van der Waals surface area contributed by atoms with Crippen LogP contribution in [0.4, 0.5) is 0 Å². The summed E-state index contributed by atoms with van der Waals surface area (Å²) >= 11 is 0. The van der Waals surface area contributed by atoms with Crippen molar-refractivity contribution in [2.45, 2.75) is 56.3 Å². The van der Waals surface area contributed by atoms with Crippen LogP contribution >= 0.6 is 0 Å². The zero-order chi connectivity index (χ0) is 28.9. The third kappa shape index (κ3) is 10.6. The fourth-order valence-corrected chi connectivity index (χ4v) is 3.54. The molecular weight excluding hydrogens is 514 g/mol. The summed E-state index contributed by atoms with van der Waals surface area (Å²) in [6, 6.07) is 3.22. The molecule has 4 unspecified atom stereocenters. The highest BCUT2D eigenvalue weighted by Gasteiger charge is 2.31. The molecular formula is C24H31N7O8. The van der Waals surface area contributed by atoms with Crippen LogP contribution in [0.5, 0.6) is 0 Å². The van der Waals surface area contributed by atoms with Gasteiger partial charge >= 0.3 is 11.9 Å². The van der Waals surface area contributed by atoms with E-state index in [1.165, 1.54) is 12.5 Å². The van der Waals surface area contributed by atoms with E-state index < -0.39 is 72.6 Å². The van der Waals surface area contributed by atoms with Gasteiger partial charge in [0.2, 0.25) is 23.6 Å². The van der Waals surface area contributed by atoms with E-state index >= 15 is 0 Å². The maximum atomic E-state index is 13.3. The number of carboxylic acid groups (broad SMARTS) is 2. The van der Waals surface area contributed by atoms with Crippen LogP contribution in [-0.2, 0) is 41.6 Å². The molecule has 10 N–H and O–H groups in total. The molecule has 4 atom stereocenters. The van der Waals surface area contributed by atoms with Crippen LogP contribution in [0.1, 0.15) is 30.5 Å². The maximum absolute atomic E-state index is 13.3. The van der Waals surface area contributed by atoms with Gasteiger partial charge in [0, 0.05) is 31.2 Å². The topological polar surface area (TPSA) is 260 Å². The highest BCUT2D eigenvalue weighted by Crippen LogP contribution is 2.07. The SMILES string of the molecule is NC(=O)CC(N)C(=O)NC(Cc1ccccc1)C(=O)NC(Cc1cnc[nH]1)C(=O)NC(CCC(=O)O)C(=O)O. The Morgan fingerprint density at radius 2 is 1.46 bits per heavy atom. The van der Waals surface area contributed by atoms with Gasteiger partial charge in [0.25, 0.3) is 0 Å². The summed E-state index contributed by atoms with van der Waals surface area (Å²) in [4.78, 5) is 79.3. The lowest BCUT2D eigenvalue weighted by molar-refractivity contribution is -0.143. The number of carbonyl (C=O) groups is 6. The lowest BCUT2D eigenvalue weighted by atomic mass is 10.0. The summed E-state index contributed by atoms with van der Waals surface area (Å²) in [5.41, 5.74) is 11.9. The molecule has 1 heterocycles. The van der Waals surface area contributed by atoms with Crippen molar-refractivity contribution >= 4 is 35.6 Å². The maximum Gasteiger partial charge on any atom is 0.326 e. The first kappa shape index (κ1) is 30.4. The van der Waals surface area contributed by atoms with Crippen LogP contribution < -0.4 is 27.4 Å². The van der Waals surface area contributed by atoms with E-state index in [1.54, 1.807) is 30.3 Å². The van der Waals surface area contributed by atoms with E-state index in [0.717, 1.165) is 0 Å². The minimum Gasteiger partial charge on any atom is -0.481 e. The highest BCUT2D eigenvalue weighted by atomic mass is 16.4. The number of nitrogens with zero attached hydrogens (tertiary/aromatic N) is 1. The second kappa shape index (κ2) is 14.8. The Morgan fingerprint density at radius 3 is 2.00 bits per heavy atom. The number of nitrogens with one attached hydrogen (secondary N) is 4. The number of amides is 4. The van der Waals surface area contributed by atoms with E-state index in [1.807, 2.05) is 0 Å². The van der Waals surface area contributed by atoms with Gasteiger partial charge in [0.15, 0.2) is 0 Å². The van der Waals surface area contributed by atoms with Crippen molar-refractivity contribution in [3.8, 4) is 0 Å². The van der Waals surface area contributed by atoms with E-state index in [-0.39, 0.29) is 19.3 Å². The van der Waals surface area contributed by atoms with Crippen molar-refractivity contribution < 1.29 is 39.0 Å². The quantitative estimate of drug-likeness (QED) is 0.113. The van der Waals surface area contributed by atoms with Gasteiger partial charge in [-0.1, -0.05) is 30.3 Å².